The zero-order chi connectivity index (χ0) is 10.6. The molecule has 2 nitrogen and oxygen atoms in total. The van der Waals surface area contributed by atoms with Gasteiger partial charge in [-0.3, -0.25) is 0 Å². The predicted molar refractivity (Wildman–Crippen MR) is 62.5 cm³/mol. The molecule has 0 aromatic rings. The van der Waals surface area contributed by atoms with Gasteiger partial charge in [-0.15, -0.1) is 0 Å². The van der Waals surface area contributed by atoms with E-state index in [4.69, 9.17) is 0 Å². The molecule has 1 N–H and O–H groups in total. The molecule has 0 saturated heterocycles. The highest BCUT2D eigenvalue weighted by Crippen LogP contribution is 2.29. The molecule has 0 heterocycles. The highest BCUT2D eigenvalue weighted by molar-refractivity contribution is 4.79. The van der Waals surface area contributed by atoms with Crippen LogP contribution in [0.3, 0.4) is 0 Å². The minimum absolute atomic E-state index is 0.656. The molecule has 84 valence electrons. The SMILES string of the molecule is CCNC(CN(C)CC1CC1)C(C)C. The van der Waals surface area contributed by atoms with Crippen molar-refractivity contribution in [3.05, 3.63) is 0 Å². The molecule has 0 spiro atoms. The Kier molecular flexibility index (Phi) is 4.90. The zero-order valence-corrected chi connectivity index (χ0v) is 10.2. The van der Waals surface area contributed by atoms with Crippen LogP contribution >= 0.6 is 0 Å². The van der Waals surface area contributed by atoms with Crippen LogP contribution in [0.1, 0.15) is 33.6 Å². The molecular formula is C12H26N2. The Bertz CT molecular complexity index is 152. The summed E-state index contributed by atoms with van der Waals surface area (Å²) in [5, 5.41) is 3.56. The lowest BCUT2D eigenvalue weighted by Gasteiger charge is -2.27. The van der Waals surface area contributed by atoms with Gasteiger partial charge in [-0.2, -0.15) is 0 Å². The molecule has 2 heteroatoms. The summed E-state index contributed by atoms with van der Waals surface area (Å²) in [6.45, 7) is 10.4. The Balaban J connectivity index is 2.21. The summed E-state index contributed by atoms with van der Waals surface area (Å²) >= 11 is 0. The fourth-order valence-corrected chi connectivity index (χ4v) is 1.92. The number of hydrogen-bond acceptors (Lipinski definition) is 2. The normalized spacial score (nSPS) is 19.3. The monoisotopic (exact) mass is 198 g/mol. The van der Waals surface area contributed by atoms with Gasteiger partial charge in [-0.25, -0.2) is 0 Å². The number of likely N-dealkylation sites (N-methyl/N-ethyl adjacent to an activating group) is 2. The van der Waals surface area contributed by atoms with E-state index in [9.17, 15) is 0 Å². The third-order valence-corrected chi connectivity index (χ3v) is 3.05. The molecule has 1 aliphatic carbocycles. The lowest BCUT2D eigenvalue weighted by atomic mass is 10.0. The maximum atomic E-state index is 3.56. The lowest BCUT2D eigenvalue weighted by molar-refractivity contribution is 0.249. The van der Waals surface area contributed by atoms with Crippen LogP contribution in [0.15, 0.2) is 0 Å². The first-order valence-electron chi connectivity index (χ1n) is 6.05. The topological polar surface area (TPSA) is 15.3 Å². The van der Waals surface area contributed by atoms with Crippen LogP contribution in [0.2, 0.25) is 0 Å². The fourth-order valence-electron chi connectivity index (χ4n) is 1.92. The van der Waals surface area contributed by atoms with Crippen LogP contribution < -0.4 is 5.32 Å². The molecule has 1 saturated carbocycles. The summed E-state index contributed by atoms with van der Waals surface area (Å²) in [4.78, 5) is 2.49. The maximum absolute atomic E-state index is 3.56. The van der Waals surface area contributed by atoms with Crippen LogP contribution in [0.5, 0.6) is 0 Å². The number of nitrogens with one attached hydrogen (secondary N) is 1. The molecule has 0 radical (unpaired) electrons. The van der Waals surface area contributed by atoms with E-state index >= 15 is 0 Å². The Morgan fingerprint density at radius 3 is 2.43 bits per heavy atom. The standard InChI is InChI=1S/C12H26N2/c1-5-13-12(10(2)3)9-14(4)8-11-6-7-11/h10-13H,5-9H2,1-4H3. The van der Waals surface area contributed by atoms with Crippen molar-refractivity contribution in [1.82, 2.24) is 10.2 Å². The first kappa shape index (κ1) is 12.0. The third-order valence-electron chi connectivity index (χ3n) is 3.05. The fraction of sp³-hybridized carbons (Fsp3) is 1.00. The van der Waals surface area contributed by atoms with E-state index in [0.717, 1.165) is 18.4 Å². The average molecular weight is 198 g/mol. The Hall–Kier alpha value is -0.0800. The molecule has 1 rings (SSSR count). The highest BCUT2D eigenvalue weighted by Gasteiger charge is 2.24. The van der Waals surface area contributed by atoms with Gasteiger partial charge in [0.05, 0.1) is 0 Å². The molecular weight excluding hydrogens is 172 g/mol. The Morgan fingerprint density at radius 2 is 2.00 bits per heavy atom. The summed E-state index contributed by atoms with van der Waals surface area (Å²) in [6, 6.07) is 0.656. The highest BCUT2D eigenvalue weighted by atomic mass is 15.1. The number of rotatable bonds is 7. The van der Waals surface area contributed by atoms with E-state index in [2.05, 4.69) is 38.0 Å². The second kappa shape index (κ2) is 5.72. The molecule has 0 bridgehead atoms. The molecule has 1 aliphatic rings. The van der Waals surface area contributed by atoms with Crippen LogP contribution in [-0.4, -0.2) is 37.6 Å². The zero-order valence-electron chi connectivity index (χ0n) is 10.2. The van der Waals surface area contributed by atoms with Gasteiger partial charge >= 0.3 is 0 Å². The maximum Gasteiger partial charge on any atom is 0.0217 e. The van der Waals surface area contributed by atoms with Gasteiger partial charge in [-0.05, 0) is 38.3 Å². The van der Waals surface area contributed by atoms with Gasteiger partial charge in [0.15, 0.2) is 0 Å². The molecule has 1 atom stereocenters. The molecule has 14 heavy (non-hydrogen) atoms. The lowest BCUT2D eigenvalue weighted by Crippen LogP contribution is -2.43. The summed E-state index contributed by atoms with van der Waals surface area (Å²) in [7, 11) is 2.26. The summed E-state index contributed by atoms with van der Waals surface area (Å²) in [5.74, 6) is 1.74. The van der Waals surface area contributed by atoms with Crippen molar-refractivity contribution in [2.75, 3.05) is 26.7 Å². The van der Waals surface area contributed by atoms with Crippen molar-refractivity contribution in [2.24, 2.45) is 11.8 Å². The summed E-state index contributed by atoms with van der Waals surface area (Å²) < 4.78 is 0. The van der Waals surface area contributed by atoms with Crippen molar-refractivity contribution in [2.45, 2.75) is 39.7 Å². The van der Waals surface area contributed by atoms with Gasteiger partial charge in [0.25, 0.3) is 0 Å². The quantitative estimate of drug-likeness (QED) is 0.673. The number of nitrogens with zero attached hydrogens (tertiary/aromatic N) is 1. The Morgan fingerprint density at radius 1 is 1.36 bits per heavy atom. The average Bonchev–Trinajstić information content (AvgIpc) is 2.87. The van der Waals surface area contributed by atoms with Crippen LogP contribution in [0, 0.1) is 11.8 Å². The van der Waals surface area contributed by atoms with Crippen molar-refractivity contribution in [3.8, 4) is 0 Å². The van der Waals surface area contributed by atoms with Crippen LogP contribution in [0.25, 0.3) is 0 Å². The molecule has 0 amide bonds. The van der Waals surface area contributed by atoms with Crippen molar-refractivity contribution in [1.29, 1.82) is 0 Å². The van der Waals surface area contributed by atoms with Crippen LogP contribution in [0.4, 0.5) is 0 Å². The minimum atomic E-state index is 0.656. The van der Waals surface area contributed by atoms with E-state index in [0.29, 0.717) is 6.04 Å². The Labute approximate surface area is 89.1 Å². The molecule has 0 aromatic carbocycles. The van der Waals surface area contributed by atoms with E-state index in [1.807, 2.05) is 0 Å². The second-order valence-corrected chi connectivity index (χ2v) is 5.07. The van der Waals surface area contributed by atoms with Gasteiger partial charge in [0, 0.05) is 19.1 Å². The number of hydrogen-bond donors (Lipinski definition) is 1. The molecule has 1 unspecified atom stereocenters. The van der Waals surface area contributed by atoms with Gasteiger partial charge in [0.2, 0.25) is 0 Å². The van der Waals surface area contributed by atoms with E-state index < -0.39 is 0 Å². The molecule has 1 fully saturated rings. The smallest absolute Gasteiger partial charge is 0.0217 e. The van der Waals surface area contributed by atoms with Gasteiger partial charge in [0.1, 0.15) is 0 Å². The van der Waals surface area contributed by atoms with Crippen LogP contribution in [-0.2, 0) is 0 Å². The summed E-state index contributed by atoms with van der Waals surface area (Å²) in [6.07, 6.45) is 2.91. The first-order valence-corrected chi connectivity index (χ1v) is 6.05. The molecule has 0 aromatic heterocycles. The van der Waals surface area contributed by atoms with Crippen molar-refractivity contribution < 1.29 is 0 Å². The van der Waals surface area contributed by atoms with E-state index in [1.165, 1.54) is 25.9 Å². The summed E-state index contributed by atoms with van der Waals surface area (Å²) in [5.41, 5.74) is 0. The van der Waals surface area contributed by atoms with Crippen molar-refractivity contribution in [3.63, 3.8) is 0 Å². The van der Waals surface area contributed by atoms with Gasteiger partial charge in [-0.1, -0.05) is 20.8 Å². The third kappa shape index (κ3) is 4.43. The van der Waals surface area contributed by atoms with Crippen molar-refractivity contribution >= 4 is 0 Å². The first-order chi connectivity index (χ1) is 6.63. The van der Waals surface area contributed by atoms with Gasteiger partial charge < -0.3 is 10.2 Å². The second-order valence-electron chi connectivity index (χ2n) is 5.07. The van der Waals surface area contributed by atoms with E-state index in [1.54, 1.807) is 0 Å². The van der Waals surface area contributed by atoms with E-state index in [-0.39, 0.29) is 0 Å². The predicted octanol–water partition coefficient (Wildman–Crippen LogP) is 1.96. The minimum Gasteiger partial charge on any atom is -0.313 e. The largest absolute Gasteiger partial charge is 0.313 e. The molecule has 0 aliphatic heterocycles.